The van der Waals surface area contributed by atoms with Gasteiger partial charge in [0.25, 0.3) is 0 Å². The maximum absolute atomic E-state index is 11.8. The maximum Gasteiger partial charge on any atom is 0.306 e. The van der Waals surface area contributed by atoms with Gasteiger partial charge in [-0.15, -0.1) is 0 Å². The predicted octanol–water partition coefficient (Wildman–Crippen LogP) is 2.39. The summed E-state index contributed by atoms with van der Waals surface area (Å²) >= 11 is 0. The summed E-state index contributed by atoms with van der Waals surface area (Å²) in [7, 11) is 0. The van der Waals surface area contributed by atoms with Crippen molar-refractivity contribution in [3.8, 4) is 0 Å². The molecule has 4 atom stereocenters. The van der Waals surface area contributed by atoms with Crippen molar-refractivity contribution < 1.29 is 19.6 Å². The number of aliphatic hydroxyl groups excluding tert-OH is 1. The first-order valence-corrected chi connectivity index (χ1v) is 8.03. The number of hydrogen-bond donors (Lipinski definition) is 1. The molecule has 0 aromatic heterocycles. The number of aliphatic hydroxyl groups is 1. The second kappa shape index (κ2) is 8.06. The van der Waals surface area contributed by atoms with Crippen LogP contribution in [0.2, 0.25) is 0 Å². The van der Waals surface area contributed by atoms with Crippen LogP contribution in [0, 0.1) is 22.0 Å². The van der Waals surface area contributed by atoms with Gasteiger partial charge in [0.1, 0.15) is 0 Å². The number of hydrogen-bond acceptors (Lipinski definition) is 5. The minimum Gasteiger partial charge on any atom is -0.466 e. The molecular weight excluding hydrogens is 298 g/mol. The summed E-state index contributed by atoms with van der Waals surface area (Å²) in [5.74, 6) is -1.30. The highest BCUT2D eigenvalue weighted by molar-refractivity contribution is 5.69. The maximum atomic E-state index is 11.8. The molecule has 0 unspecified atom stereocenters. The van der Waals surface area contributed by atoms with Crippen LogP contribution in [-0.4, -0.2) is 35.3 Å². The molecule has 1 fully saturated rings. The molecule has 2 rings (SSSR count). The Balaban J connectivity index is 2.30. The second-order valence-electron chi connectivity index (χ2n) is 6.00. The topological polar surface area (TPSA) is 89.7 Å². The van der Waals surface area contributed by atoms with E-state index in [4.69, 9.17) is 4.74 Å². The van der Waals surface area contributed by atoms with Crippen LogP contribution in [0.5, 0.6) is 0 Å². The van der Waals surface area contributed by atoms with Crippen LogP contribution in [0.4, 0.5) is 0 Å². The summed E-state index contributed by atoms with van der Waals surface area (Å²) in [6, 6.07) is 8.38. The highest BCUT2D eigenvalue weighted by Crippen LogP contribution is 2.43. The summed E-state index contributed by atoms with van der Waals surface area (Å²) in [5.41, 5.74) is 0.849. The van der Waals surface area contributed by atoms with E-state index in [9.17, 15) is 20.0 Å². The first-order valence-electron chi connectivity index (χ1n) is 8.03. The molecule has 0 saturated heterocycles. The van der Waals surface area contributed by atoms with Crippen molar-refractivity contribution in [3.05, 3.63) is 46.0 Å². The lowest BCUT2D eigenvalue weighted by atomic mass is 9.67. The largest absolute Gasteiger partial charge is 0.466 e. The average Bonchev–Trinajstić information content (AvgIpc) is 2.55. The molecule has 6 heteroatoms. The number of benzene rings is 1. The summed E-state index contributed by atoms with van der Waals surface area (Å²) in [4.78, 5) is 23.2. The van der Waals surface area contributed by atoms with Crippen molar-refractivity contribution >= 4 is 5.97 Å². The van der Waals surface area contributed by atoms with E-state index in [2.05, 4.69) is 0 Å². The van der Waals surface area contributed by atoms with Gasteiger partial charge >= 0.3 is 5.97 Å². The Labute approximate surface area is 135 Å². The number of carbonyl (C=O) groups is 1. The highest BCUT2D eigenvalue weighted by Gasteiger charge is 2.48. The molecule has 1 aromatic carbocycles. The highest BCUT2D eigenvalue weighted by atomic mass is 16.6. The van der Waals surface area contributed by atoms with E-state index in [1.54, 1.807) is 6.92 Å². The van der Waals surface area contributed by atoms with Gasteiger partial charge < -0.3 is 9.84 Å². The second-order valence-corrected chi connectivity index (χ2v) is 6.00. The van der Waals surface area contributed by atoms with Crippen molar-refractivity contribution in [1.82, 2.24) is 0 Å². The zero-order valence-corrected chi connectivity index (χ0v) is 13.3. The number of nitro groups is 1. The molecule has 1 aliphatic carbocycles. The van der Waals surface area contributed by atoms with Gasteiger partial charge in [-0.2, -0.15) is 0 Å². The van der Waals surface area contributed by atoms with E-state index >= 15 is 0 Å². The van der Waals surface area contributed by atoms with Crippen molar-refractivity contribution in [2.24, 2.45) is 11.8 Å². The summed E-state index contributed by atoms with van der Waals surface area (Å²) in [5, 5.41) is 21.4. The molecule has 1 aliphatic rings. The lowest BCUT2D eigenvalue weighted by Gasteiger charge is -2.37. The van der Waals surface area contributed by atoms with Gasteiger partial charge in [-0.05, 0) is 31.2 Å². The summed E-state index contributed by atoms with van der Waals surface area (Å²) in [6.07, 6.45) is 1.28. The van der Waals surface area contributed by atoms with Crippen LogP contribution < -0.4 is 0 Å². The average molecular weight is 321 g/mol. The van der Waals surface area contributed by atoms with Crippen molar-refractivity contribution in [2.75, 3.05) is 13.2 Å². The molecule has 1 saturated carbocycles. The number of carbonyl (C=O) groups excluding carboxylic acids is 1. The zero-order valence-electron chi connectivity index (χ0n) is 13.3. The van der Waals surface area contributed by atoms with Gasteiger partial charge in [0, 0.05) is 17.4 Å². The van der Waals surface area contributed by atoms with Crippen molar-refractivity contribution in [2.45, 2.75) is 38.1 Å². The van der Waals surface area contributed by atoms with E-state index in [1.165, 1.54) is 0 Å². The fourth-order valence-electron chi connectivity index (χ4n) is 3.66. The molecule has 1 N–H and O–H groups in total. The Kier molecular flexibility index (Phi) is 6.10. The minimum absolute atomic E-state index is 0.0565. The van der Waals surface area contributed by atoms with Gasteiger partial charge in [-0.25, -0.2) is 0 Å². The Morgan fingerprint density at radius 3 is 2.52 bits per heavy atom. The fraction of sp³-hybridized carbons (Fsp3) is 0.588. The van der Waals surface area contributed by atoms with E-state index < -0.39 is 12.0 Å². The van der Waals surface area contributed by atoms with Crippen LogP contribution in [0.15, 0.2) is 30.3 Å². The molecule has 0 amide bonds. The van der Waals surface area contributed by atoms with Crippen molar-refractivity contribution in [1.29, 1.82) is 0 Å². The Morgan fingerprint density at radius 1 is 1.30 bits per heavy atom. The van der Waals surface area contributed by atoms with Crippen LogP contribution in [0.25, 0.3) is 0 Å². The van der Waals surface area contributed by atoms with E-state index in [0.717, 1.165) is 5.56 Å². The number of nitrogens with zero attached hydrogens (tertiary/aromatic N) is 1. The molecule has 0 bridgehead atoms. The first-order chi connectivity index (χ1) is 11.1. The smallest absolute Gasteiger partial charge is 0.306 e. The summed E-state index contributed by atoms with van der Waals surface area (Å²) < 4.78 is 4.96. The van der Waals surface area contributed by atoms with Crippen LogP contribution >= 0.6 is 0 Å². The predicted molar refractivity (Wildman–Crippen MR) is 84.5 cm³/mol. The molecular formula is C17H23NO5. The van der Waals surface area contributed by atoms with E-state index in [0.29, 0.717) is 12.8 Å². The Hall–Kier alpha value is -1.95. The zero-order chi connectivity index (χ0) is 16.8. The standard InChI is InChI=1S/C17H23NO5/c1-2-23-15(20)10-13-8-9-14(11-19)16(17(13)18(21)22)12-6-4-3-5-7-12/h3-7,13-14,16-17,19H,2,8-11H2,1H3/t13-,14-,16+,17+/m0/s1. The number of ether oxygens (including phenoxy) is 1. The third-order valence-corrected chi connectivity index (χ3v) is 4.66. The molecule has 0 radical (unpaired) electrons. The Morgan fingerprint density at radius 2 is 1.96 bits per heavy atom. The van der Waals surface area contributed by atoms with Crippen molar-refractivity contribution in [3.63, 3.8) is 0 Å². The quantitative estimate of drug-likeness (QED) is 0.493. The molecule has 126 valence electrons. The fourth-order valence-corrected chi connectivity index (χ4v) is 3.66. The first kappa shape index (κ1) is 17.4. The van der Waals surface area contributed by atoms with Gasteiger partial charge in [-0.3, -0.25) is 14.9 Å². The van der Waals surface area contributed by atoms with Gasteiger partial charge in [0.2, 0.25) is 6.04 Å². The lowest BCUT2D eigenvalue weighted by molar-refractivity contribution is -0.541. The molecule has 0 aliphatic heterocycles. The molecule has 23 heavy (non-hydrogen) atoms. The van der Waals surface area contributed by atoms with Gasteiger partial charge in [0.15, 0.2) is 0 Å². The van der Waals surface area contributed by atoms with Gasteiger partial charge in [0.05, 0.1) is 18.9 Å². The third-order valence-electron chi connectivity index (χ3n) is 4.66. The van der Waals surface area contributed by atoms with E-state index in [-0.39, 0.29) is 42.3 Å². The van der Waals surface area contributed by atoms with Crippen LogP contribution in [0.1, 0.15) is 37.7 Å². The number of rotatable bonds is 6. The van der Waals surface area contributed by atoms with Crippen LogP contribution in [-0.2, 0) is 9.53 Å². The third kappa shape index (κ3) is 4.07. The van der Waals surface area contributed by atoms with Crippen LogP contribution in [0.3, 0.4) is 0 Å². The molecule has 0 spiro atoms. The monoisotopic (exact) mass is 321 g/mol. The van der Waals surface area contributed by atoms with E-state index in [1.807, 2.05) is 30.3 Å². The molecule has 6 nitrogen and oxygen atoms in total. The minimum atomic E-state index is -0.882. The molecule has 1 aromatic rings. The Bertz CT molecular complexity index is 533. The molecule has 0 heterocycles. The normalized spacial score (nSPS) is 27.4. The summed E-state index contributed by atoms with van der Waals surface area (Å²) in [6.45, 7) is 1.91. The lowest BCUT2D eigenvalue weighted by Crippen LogP contribution is -2.44. The SMILES string of the molecule is CCOC(=O)C[C@@H]1CC[C@@H](CO)[C@@H](c2ccccc2)[C@@H]1[N+](=O)[O-]. The van der Waals surface area contributed by atoms with Gasteiger partial charge in [-0.1, -0.05) is 30.3 Å². The number of esters is 1.